The monoisotopic (exact) mass is 266 g/mol. The summed E-state index contributed by atoms with van der Waals surface area (Å²) in [6.45, 7) is 1.68. The Morgan fingerprint density at radius 3 is 2.26 bits per heavy atom. The van der Waals surface area contributed by atoms with Crippen molar-refractivity contribution in [2.45, 2.75) is 19.4 Å². The predicted octanol–water partition coefficient (Wildman–Crippen LogP) is 4.11. The van der Waals surface area contributed by atoms with Gasteiger partial charge in [-0.2, -0.15) is 4.39 Å². The van der Waals surface area contributed by atoms with Gasteiger partial charge in [-0.05, 0) is 24.6 Å². The van der Waals surface area contributed by atoms with Crippen molar-refractivity contribution in [1.29, 1.82) is 0 Å². The molecular weight excluding hydrogens is 253 g/mol. The quantitative estimate of drug-likeness (QED) is 0.756. The number of halogens is 3. The molecule has 0 aromatic heterocycles. The van der Waals surface area contributed by atoms with E-state index in [9.17, 15) is 13.2 Å². The molecule has 0 heterocycles. The van der Waals surface area contributed by atoms with Crippen LogP contribution in [-0.4, -0.2) is 6.10 Å². The topological polar surface area (TPSA) is 9.23 Å². The normalized spacial score (nSPS) is 12.2. The lowest BCUT2D eigenvalue weighted by atomic mass is 10.1. The fourth-order valence-corrected chi connectivity index (χ4v) is 1.81. The first-order valence-electron chi connectivity index (χ1n) is 5.92. The lowest BCUT2D eigenvalue weighted by Crippen LogP contribution is -2.17. The molecule has 2 rings (SSSR count). The molecule has 0 spiro atoms. The van der Waals surface area contributed by atoms with Crippen molar-refractivity contribution < 1.29 is 17.9 Å². The summed E-state index contributed by atoms with van der Waals surface area (Å²) in [5.74, 6) is -3.98. The molecule has 2 aromatic carbocycles. The smallest absolute Gasteiger partial charge is 0.203 e. The van der Waals surface area contributed by atoms with E-state index in [0.29, 0.717) is 6.42 Å². The molecule has 0 amide bonds. The largest absolute Gasteiger partial charge is 0.484 e. The first-order valence-corrected chi connectivity index (χ1v) is 5.92. The van der Waals surface area contributed by atoms with Gasteiger partial charge in [0.05, 0.1) is 0 Å². The summed E-state index contributed by atoms with van der Waals surface area (Å²) in [6.07, 6.45) is 0.0177. The Morgan fingerprint density at radius 1 is 0.947 bits per heavy atom. The van der Waals surface area contributed by atoms with Crippen molar-refractivity contribution in [3.63, 3.8) is 0 Å². The highest BCUT2D eigenvalue weighted by Gasteiger charge is 2.17. The Kier molecular flexibility index (Phi) is 4.10. The zero-order chi connectivity index (χ0) is 13.8. The van der Waals surface area contributed by atoms with Gasteiger partial charge in [0.15, 0.2) is 17.4 Å². The first-order chi connectivity index (χ1) is 9.08. The molecule has 0 aliphatic rings. The van der Waals surface area contributed by atoms with Gasteiger partial charge in [-0.25, -0.2) is 8.78 Å². The zero-order valence-electron chi connectivity index (χ0n) is 10.4. The molecule has 0 N–H and O–H groups in total. The van der Waals surface area contributed by atoms with Crippen LogP contribution < -0.4 is 4.74 Å². The number of ether oxygens (including phenoxy) is 1. The van der Waals surface area contributed by atoms with Crippen LogP contribution in [0.2, 0.25) is 0 Å². The minimum atomic E-state index is -1.29. The van der Waals surface area contributed by atoms with Crippen LogP contribution in [0.3, 0.4) is 0 Å². The number of hydrogen-bond acceptors (Lipinski definition) is 1. The molecule has 1 atom stereocenters. The van der Waals surface area contributed by atoms with E-state index in [2.05, 4.69) is 0 Å². The lowest BCUT2D eigenvalue weighted by molar-refractivity contribution is 0.199. The Labute approximate surface area is 109 Å². The lowest BCUT2D eigenvalue weighted by Gasteiger charge is -2.16. The van der Waals surface area contributed by atoms with Crippen molar-refractivity contribution in [2.24, 2.45) is 0 Å². The van der Waals surface area contributed by atoms with E-state index in [1.165, 1.54) is 0 Å². The summed E-state index contributed by atoms with van der Waals surface area (Å²) in [4.78, 5) is 0. The Balaban J connectivity index is 2.11. The second kappa shape index (κ2) is 5.78. The molecule has 0 aliphatic heterocycles. The van der Waals surface area contributed by atoms with E-state index in [1.54, 1.807) is 6.92 Å². The van der Waals surface area contributed by atoms with Gasteiger partial charge in [-0.15, -0.1) is 0 Å². The van der Waals surface area contributed by atoms with Gasteiger partial charge < -0.3 is 4.74 Å². The Bertz CT molecular complexity index is 555. The van der Waals surface area contributed by atoms with Crippen LogP contribution in [-0.2, 0) is 6.42 Å². The third kappa shape index (κ3) is 3.28. The van der Waals surface area contributed by atoms with Gasteiger partial charge in [0, 0.05) is 6.42 Å². The fourth-order valence-electron chi connectivity index (χ4n) is 1.81. The van der Waals surface area contributed by atoms with Crippen LogP contribution in [0.4, 0.5) is 13.2 Å². The van der Waals surface area contributed by atoms with Crippen molar-refractivity contribution in [3.05, 3.63) is 65.5 Å². The standard InChI is InChI=1S/C15H13F3O/c1-10(9-11-5-3-2-4-6-11)19-15-13(17)8-7-12(16)14(15)18/h2-8,10H,9H2,1H3. The summed E-state index contributed by atoms with van der Waals surface area (Å²) in [5.41, 5.74) is 0.979. The van der Waals surface area contributed by atoms with Crippen molar-refractivity contribution in [2.75, 3.05) is 0 Å². The second-order valence-corrected chi connectivity index (χ2v) is 4.29. The van der Waals surface area contributed by atoms with Crippen LogP contribution in [0.1, 0.15) is 12.5 Å². The summed E-state index contributed by atoms with van der Waals surface area (Å²) in [7, 11) is 0. The maximum atomic E-state index is 13.4. The summed E-state index contributed by atoms with van der Waals surface area (Å²) < 4.78 is 45.0. The average molecular weight is 266 g/mol. The van der Waals surface area contributed by atoms with Crippen LogP contribution >= 0.6 is 0 Å². The minimum Gasteiger partial charge on any atom is -0.484 e. The van der Waals surface area contributed by atoms with Gasteiger partial charge in [-0.1, -0.05) is 30.3 Å². The van der Waals surface area contributed by atoms with Gasteiger partial charge >= 0.3 is 0 Å². The molecule has 0 aliphatic carbocycles. The molecular formula is C15H13F3O. The maximum Gasteiger partial charge on any atom is 0.203 e. The van der Waals surface area contributed by atoms with Gasteiger partial charge in [0.2, 0.25) is 5.82 Å². The Morgan fingerprint density at radius 2 is 1.58 bits per heavy atom. The van der Waals surface area contributed by atoms with Crippen LogP contribution in [0.5, 0.6) is 5.75 Å². The van der Waals surface area contributed by atoms with Crippen molar-refractivity contribution in [1.82, 2.24) is 0 Å². The fraction of sp³-hybridized carbons (Fsp3) is 0.200. The van der Waals surface area contributed by atoms with Crippen LogP contribution in [0, 0.1) is 17.5 Å². The number of benzene rings is 2. The number of rotatable bonds is 4. The molecule has 2 aromatic rings. The average Bonchev–Trinajstić information content (AvgIpc) is 2.40. The third-order valence-corrected chi connectivity index (χ3v) is 2.69. The summed E-state index contributed by atoms with van der Waals surface area (Å²) >= 11 is 0. The molecule has 0 radical (unpaired) electrons. The van der Waals surface area contributed by atoms with E-state index in [-0.39, 0.29) is 0 Å². The molecule has 1 nitrogen and oxygen atoms in total. The molecule has 4 heteroatoms. The van der Waals surface area contributed by atoms with Crippen molar-refractivity contribution >= 4 is 0 Å². The second-order valence-electron chi connectivity index (χ2n) is 4.29. The van der Waals surface area contributed by atoms with E-state index in [1.807, 2.05) is 30.3 Å². The highest BCUT2D eigenvalue weighted by atomic mass is 19.2. The molecule has 0 bridgehead atoms. The van der Waals surface area contributed by atoms with E-state index < -0.39 is 29.3 Å². The molecule has 19 heavy (non-hydrogen) atoms. The molecule has 1 unspecified atom stereocenters. The molecule has 0 saturated heterocycles. The zero-order valence-corrected chi connectivity index (χ0v) is 10.4. The van der Waals surface area contributed by atoms with Crippen molar-refractivity contribution in [3.8, 4) is 5.75 Å². The first kappa shape index (κ1) is 13.5. The maximum absolute atomic E-state index is 13.4. The SMILES string of the molecule is CC(Cc1ccccc1)Oc1c(F)ccc(F)c1F. The molecule has 0 fully saturated rings. The van der Waals surface area contributed by atoms with Crippen LogP contribution in [0.15, 0.2) is 42.5 Å². The summed E-state index contributed by atoms with van der Waals surface area (Å²) in [6, 6.07) is 11.0. The predicted molar refractivity (Wildman–Crippen MR) is 66.6 cm³/mol. The van der Waals surface area contributed by atoms with Gasteiger partial charge in [0.1, 0.15) is 6.10 Å². The highest BCUT2D eigenvalue weighted by Crippen LogP contribution is 2.25. The minimum absolute atomic E-state index is 0.465. The summed E-state index contributed by atoms with van der Waals surface area (Å²) in [5, 5.41) is 0. The van der Waals surface area contributed by atoms with Crippen LogP contribution in [0.25, 0.3) is 0 Å². The highest BCUT2D eigenvalue weighted by molar-refractivity contribution is 5.28. The molecule has 100 valence electrons. The van der Waals surface area contributed by atoms with E-state index in [4.69, 9.17) is 4.74 Å². The third-order valence-electron chi connectivity index (χ3n) is 2.69. The molecule has 0 saturated carbocycles. The van der Waals surface area contributed by atoms with Gasteiger partial charge in [0.25, 0.3) is 0 Å². The Hall–Kier alpha value is -1.97. The van der Waals surface area contributed by atoms with Gasteiger partial charge in [-0.3, -0.25) is 0 Å². The van der Waals surface area contributed by atoms with E-state index in [0.717, 1.165) is 17.7 Å². The van der Waals surface area contributed by atoms with E-state index >= 15 is 0 Å². The number of hydrogen-bond donors (Lipinski definition) is 0.